The Kier molecular flexibility index (Phi) is 6.26. The van der Waals surface area contributed by atoms with Crippen LogP contribution in [0, 0.1) is 11.3 Å². The van der Waals surface area contributed by atoms with Gasteiger partial charge in [-0.05, 0) is 5.56 Å². The molecular weight excluding hydrogens is 216 g/mol. The average molecular weight is 234 g/mol. The van der Waals surface area contributed by atoms with E-state index < -0.39 is 6.10 Å². The summed E-state index contributed by atoms with van der Waals surface area (Å²) < 4.78 is 4.82. The van der Waals surface area contributed by atoms with Gasteiger partial charge in [0, 0.05) is 20.2 Å². The predicted octanol–water partition coefficient (Wildman–Crippen LogP) is 0.891. The summed E-state index contributed by atoms with van der Waals surface area (Å²) in [4.78, 5) is 0. The summed E-state index contributed by atoms with van der Waals surface area (Å²) in [5.41, 5.74) is 0.990. The van der Waals surface area contributed by atoms with Crippen LogP contribution in [0.25, 0.3) is 0 Å². The van der Waals surface area contributed by atoms with Crippen LogP contribution in [0.2, 0.25) is 0 Å². The summed E-state index contributed by atoms with van der Waals surface area (Å²) in [6, 6.07) is 11.9. The van der Waals surface area contributed by atoms with Crippen molar-refractivity contribution in [2.75, 3.05) is 26.8 Å². The van der Waals surface area contributed by atoms with Crippen LogP contribution in [-0.4, -0.2) is 38.0 Å². The van der Waals surface area contributed by atoms with E-state index >= 15 is 0 Å². The highest BCUT2D eigenvalue weighted by molar-refractivity contribution is 5.24. The minimum Gasteiger partial charge on any atom is -0.389 e. The first kappa shape index (κ1) is 13.7. The van der Waals surface area contributed by atoms with Crippen molar-refractivity contribution in [2.45, 2.75) is 12.0 Å². The summed E-state index contributed by atoms with van der Waals surface area (Å²) in [5, 5.41) is 21.6. The van der Waals surface area contributed by atoms with Crippen molar-refractivity contribution in [3.63, 3.8) is 0 Å². The molecule has 2 N–H and O–H groups in total. The summed E-state index contributed by atoms with van der Waals surface area (Å²) in [6.07, 6.45) is -0.532. The molecule has 0 aliphatic carbocycles. The van der Waals surface area contributed by atoms with Crippen LogP contribution in [0.1, 0.15) is 11.5 Å². The first-order valence-corrected chi connectivity index (χ1v) is 5.60. The van der Waals surface area contributed by atoms with Gasteiger partial charge in [0.05, 0.1) is 24.7 Å². The first-order valence-electron chi connectivity index (χ1n) is 5.60. The fourth-order valence-corrected chi connectivity index (χ4v) is 1.57. The summed E-state index contributed by atoms with van der Waals surface area (Å²) in [7, 11) is 1.55. The van der Waals surface area contributed by atoms with E-state index in [4.69, 9.17) is 10.00 Å². The van der Waals surface area contributed by atoms with E-state index in [0.717, 1.165) is 5.56 Å². The van der Waals surface area contributed by atoms with Crippen LogP contribution in [-0.2, 0) is 4.74 Å². The van der Waals surface area contributed by atoms with Crippen LogP contribution >= 0.6 is 0 Å². The molecule has 4 heteroatoms. The minimum absolute atomic E-state index is 0.189. The van der Waals surface area contributed by atoms with Crippen molar-refractivity contribution in [1.29, 1.82) is 5.26 Å². The number of nitrogens with one attached hydrogen (secondary N) is 1. The Balaban J connectivity index is 2.37. The summed E-state index contributed by atoms with van der Waals surface area (Å²) in [5.74, 6) is -0.189. The molecule has 0 aliphatic heterocycles. The van der Waals surface area contributed by atoms with E-state index in [1.807, 2.05) is 30.3 Å². The van der Waals surface area contributed by atoms with Gasteiger partial charge in [-0.3, -0.25) is 0 Å². The molecule has 0 aliphatic rings. The van der Waals surface area contributed by atoms with Crippen molar-refractivity contribution in [2.24, 2.45) is 0 Å². The number of rotatable bonds is 7. The Labute approximate surface area is 102 Å². The Morgan fingerprint density at radius 1 is 1.35 bits per heavy atom. The molecule has 17 heavy (non-hydrogen) atoms. The number of methoxy groups -OCH3 is 1. The van der Waals surface area contributed by atoms with Crippen molar-refractivity contribution in [3.05, 3.63) is 35.9 Å². The molecule has 4 nitrogen and oxygen atoms in total. The van der Waals surface area contributed by atoms with Crippen molar-refractivity contribution < 1.29 is 9.84 Å². The number of ether oxygens (including phenoxy) is 1. The highest BCUT2D eigenvalue weighted by Crippen LogP contribution is 2.12. The zero-order valence-electron chi connectivity index (χ0n) is 9.97. The second kappa shape index (κ2) is 7.80. The number of hydrogen-bond donors (Lipinski definition) is 2. The molecule has 0 heterocycles. The molecule has 0 spiro atoms. The standard InChI is InChI=1S/C13H18N2O2/c1-17-10-13(16)9-15-8-12(7-14)11-5-3-2-4-6-11/h2-6,12-13,15-16H,8-10H2,1H3. The molecule has 0 bridgehead atoms. The third kappa shape index (κ3) is 4.96. The number of aliphatic hydroxyl groups excluding tert-OH is 1. The van der Waals surface area contributed by atoms with Crippen LogP contribution in [0.3, 0.4) is 0 Å². The third-order valence-electron chi connectivity index (χ3n) is 2.45. The van der Waals surface area contributed by atoms with Gasteiger partial charge in [0.15, 0.2) is 0 Å². The fourth-order valence-electron chi connectivity index (χ4n) is 1.57. The van der Waals surface area contributed by atoms with Gasteiger partial charge in [0.1, 0.15) is 0 Å². The molecule has 0 saturated carbocycles. The molecule has 2 atom stereocenters. The van der Waals surface area contributed by atoms with Gasteiger partial charge in [-0.25, -0.2) is 0 Å². The molecule has 1 aromatic rings. The van der Waals surface area contributed by atoms with E-state index in [1.54, 1.807) is 7.11 Å². The predicted molar refractivity (Wildman–Crippen MR) is 65.5 cm³/mol. The number of nitriles is 1. The lowest BCUT2D eigenvalue weighted by atomic mass is 10.0. The SMILES string of the molecule is COCC(O)CNCC(C#N)c1ccccc1. The van der Waals surface area contributed by atoms with Gasteiger partial charge >= 0.3 is 0 Å². The fraction of sp³-hybridized carbons (Fsp3) is 0.462. The molecule has 0 amide bonds. The number of hydrogen-bond acceptors (Lipinski definition) is 4. The van der Waals surface area contributed by atoms with Crippen LogP contribution in [0.4, 0.5) is 0 Å². The van der Waals surface area contributed by atoms with Gasteiger partial charge in [0.2, 0.25) is 0 Å². The maximum absolute atomic E-state index is 9.43. The second-order valence-electron chi connectivity index (χ2n) is 3.86. The average Bonchev–Trinajstić information content (AvgIpc) is 2.36. The summed E-state index contributed by atoms with van der Waals surface area (Å²) >= 11 is 0. The zero-order valence-corrected chi connectivity index (χ0v) is 9.97. The maximum Gasteiger partial charge on any atom is 0.0897 e. The van der Waals surface area contributed by atoms with Gasteiger partial charge < -0.3 is 15.2 Å². The van der Waals surface area contributed by atoms with E-state index in [2.05, 4.69) is 11.4 Å². The van der Waals surface area contributed by atoms with Crippen molar-refractivity contribution in [1.82, 2.24) is 5.32 Å². The lowest BCUT2D eigenvalue weighted by Gasteiger charge is -2.13. The van der Waals surface area contributed by atoms with Crippen molar-refractivity contribution >= 4 is 0 Å². The second-order valence-corrected chi connectivity index (χ2v) is 3.86. The van der Waals surface area contributed by atoms with Gasteiger partial charge in [0.25, 0.3) is 0 Å². The molecule has 0 aromatic heterocycles. The molecular formula is C13H18N2O2. The van der Waals surface area contributed by atoms with Crippen LogP contribution in [0.15, 0.2) is 30.3 Å². The monoisotopic (exact) mass is 234 g/mol. The van der Waals surface area contributed by atoms with E-state index in [1.165, 1.54) is 0 Å². The summed E-state index contributed by atoms with van der Waals surface area (Å²) in [6.45, 7) is 1.26. The van der Waals surface area contributed by atoms with Gasteiger partial charge in [-0.1, -0.05) is 30.3 Å². The maximum atomic E-state index is 9.43. The molecule has 1 aromatic carbocycles. The number of nitrogens with zero attached hydrogens (tertiary/aromatic N) is 1. The van der Waals surface area contributed by atoms with E-state index in [0.29, 0.717) is 19.7 Å². The van der Waals surface area contributed by atoms with Crippen LogP contribution < -0.4 is 5.32 Å². The minimum atomic E-state index is -0.532. The normalized spacial score (nSPS) is 13.9. The van der Waals surface area contributed by atoms with Gasteiger partial charge in [-0.15, -0.1) is 0 Å². The molecule has 0 fully saturated rings. The third-order valence-corrected chi connectivity index (χ3v) is 2.45. The largest absolute Gasteiger partial charge is 0.389 e. The molecule has 92 valence electrons. The molecule has 0 saturated heterocycles. The molecule has 0 radical (unpaired) electrons. The smallest absolute Gasteiger partial charge is 0.0897 e. The highest BCUT2D eigenvalue weighted by atomic mass is 16.5. The van der Waals surface area contributed by atoms with Gasteiger partial charge in [-0.2, -0.15) is 5.26 Å². The van der Waals surface area contributed by atoms with Crippen molar-refractivity contribution in [3.8, 4) is 6.07 Å². The highest BCUT2D eigenvalue weighted by Gasteiger charge is 2.10. The Hall–Kier alpha value is -1.41. The Bertz CT molecular complexity index is 348. The quantitative estimate of drug-likeness (QED) is 0.735. The first-order chi connectivity index (χ1) is 8.27. The molecule has 1 rings (SSSR count). The number of aliphatic hydroxyl groups is 1. The Morgan fingerprint density at radius 3 is 2.65 bits per heavy atom. The number of benzene rings is 1. The topological polar surface area (TPSA) is 65.3 Å². The van der Waals surface area contributed by atoms with E-state index in [9.17, 15) is 5.11 Å². The zero-order chi connectivity index (χ0) is 12.5. The lowest BCUT2D eigenvalue weighted by molar-refractivity contribution is 0.0646. The molecule has 2 unspecified atom stereocenters. The van der Waals surface area contributed by atoms with Crippen LogP contribution in [0.5, 0.6) is 0 Å². The lowest BCUT2D eigenvalue weighted by Crippen LogP contribution is -2.32. The van der Waals surface area contributed by atoms with E-state index in [-0.39, 0.29) is 5.92 Å². The Morgan fingerprint density at radius 2 is 2.06 bits per heavy atom.